The lowest BCUT2D eigenvalue weighted by Gasteiger charge is -2.12. The summed E-state index contributed by atoms with van der Waals surface area (Å²) in [4.78, 5) is 4.62. The van der Waals surface area contributed by atoms with Crippen molar-refractivity contribution >= 4 is 56.7 Å². The molecule has 0 amide bonds. The zero-order valence-corrected chi connectivity index (χ0v) is 20.2. The molecule has 0 radical (unpaired) electrons. The lowest BCUT2D eigenvalue weighted by Crippen LogP contribution is -2.00. The quantitative estimate of drug-likeness (QED) is 0.179. The van der Waals surface area contributed by atoms with Gasteiger partial charge in [0.1, 0.15) is 12.4 Å². The average Bonchev–Trinajstić information content (AvgIpc) is 3.33. The van der Waals surface area contributed by atoms with Crippen LogP contribution in [0.4, 0.5) is 5.13 Å². The van der Waals surface area contributed by atoms with Crippen molar-refractivity contribution in [3.63, 3.8) is 0 Å². The molecule has 0 saturated carbocycles. The molecule has 0 atom stereocenters. The molecule has 0 aliphatic rings. The van der Waals surface area contributed by atoms with Gasteiger partial charge in [0.25, 0.3) is 0 Å². The van der Waals surface area contributed by atoms with Crippen molar-refractivity contribution in [2.45, 2.75) is 6.61 Å². The highest BCUT2D eigenvalue weighted by Crippen LogP contribution is 2.29. The van der Waals surface area contributed by atoms with Crippen LogP contribution in [0.1, 0.15) is 11.1 Å². The fourth-order valence-corrected chi connectivity index (χ4v) is 4.43. The Labute approximate surface area is 211 Å². The van der Waals surface area contributed by atoms with Crippen LogP contribution in [0.15, 0.2) is 95.4 Å². The number of benzene rings is 4. The standard InChI is InChI=1S/C27H19Cl2N3OS/c28-21-10-5-18(6-11-21)16-33-26-14-9-19-3-1-2-4-23(19)24(26)15-30-32-27-31-25(17-34-27)20-7-12-22(29)13-8-20/h1-15,17H,16H2,(H,31,32)/b30-15-. The van der Waals surface area contributed by atoms with E-state index < -0.39 is 0 Å². The van der Waals surface area contributed by atoms with E-state index in [1.807, 2.05) is 72.1 Å². The third-order valence-electron chi connectivity index (χ3n) is 5.24. The molecule has 7 heteroatoms. The van der Waals surface area contributed by atoms with E-state index in [2.05, 4.69) is 33.7 Å². The number of halogens is 2. The molecular weight excluding hydrogens is 485 g/mol. The maximum absolute atomic E-state index is 6.16. The summed E-state index contributed by atoms with van der Waals surface area (Å²) < 4.78 is 6.16. The maximum atomic E-state index is 6.16. The number of rotatable bonds is 7. The van der Waals surface area contributed by atoms with Crippen molar-refractivity contribution in [3.05, 3.63) is 111 Å². The first-order valence-corrected chi connectivity index (χ1v) is 12.2. The third kappa shape index (κ3) is 5.23. The molecule has 34 heavy (non-hydrogen) atoms. The molecular formula is C27H19Cl2N3OS. The Morgan fingerprint density at radius 1 is 0.882 bits per heavy atom. The molecule has 0 spiro atoms. The normalized spacial score (nSPS) is 11.2. The van der Waals surface area contributed by atoms with Crippen LogP contribution >= 0.6 is 34.5 Å². The summed E-state index contributed by atoms with van der Waals surface area (Å²) in [7, 11) is 0. The highest BCUT2D eigenvalue weighted by atomic mass is 35.5. The SMILES string of the molecule is Clc1ccc(COc2ccc3ccccc3c2/C=N\Nc2nc(-c3ccc(Cl)cc3)cs2)cc1. The van der Waals surface area contributed by atoms with Crippen LogP contribution in [0.2, 0.25) is 10.0 Å². The first-order chi connectivity index (χ1) is 16.7. The highest BCUT2D eigenvalue weighted by Gasteiger charge is 2.09. The van der Waals surface area contributed by atoms with Crippen LogP contribution in [0.5, 0.6) is 5.75 Å². The van der Waals surface area contributed by atoms with Crippen molar-refractivity contribution < 1.29 is 4.74 Å². The summed E-state index contributed by atoms with van der Waals surface area (Å²) in [6.07, 6.45) is 1.78. The van der Waals surface area contributed by atoms with Gasteiger partial charge in [0.2, 0.25) is 5.13 Å². The number of nitrogens with zero attached hydrogens (tertiary/aromatic N) is 2. The summed E-state index contributed by atoms with van der Waals surface area (Å²) >= 11 is 13.5. The smallest absolute Gasteiger partial charge is 0.203 e. The van der Waals surface area contributed by atoms with E-state index in [9.17, 15) is 0 Å². The number of hydrazone groups is 1. The molecule has 5 aromatic rings. The van der Waals surface area contributed by atoms with Gasteiger partial charge in [-0.05, 0) is 46.7 Å². The van der Waals surface area contributed by atoms with Gasteiger partial charge in [0.05, 0.1) is 11.9 Å². The van der Waals surface area contributed by atoms with Crippen LogP contribution in [0.3, 0.4) is 0 Å². The Morgan fingerprint density at radius 3 is 2.41 bits per heavy atom. The van der Waals surface area contributed by atoms with Gasteiger partial charge >= 0.3 is 0 Å². The average molecular weight is 504 g/mol. The minimum Gasteiger partial charge on any atom is -0.488 e. The van der Waals surface area contributed by atoms with Crippen molar-refractivity contribution in [1.82, 2.24) is 4.98 Å². The second-order valence-electron chi connectivity index (χ2n) is 7.53. The first-order valence-electron chi connectivity index (χ1n) is 10.6. The second kappa shape index (κ2) is 10.3. The van der Waals surface area contributed by atoms with Gasteiger partial charge in [0, 0.05) is 26.6 Å². The number of hydrogen-bond donors (Lipinski definition) is 1. The van der Waals surface area contributed by atoms with Crippen molar-refractivity contribution in [2.24, 2.45) is 5.10 Å². The van der Waals surface area contributed by atoms with Gasteiger partial charge in [0.15, 0.2) is 0 Å². The lowest BCUT2D eigenvalue weighted by molar-refractivity contribution is 0.306. The Kier molecular flexibility index (Phi) is 6.77. The number of fused-ring (bicyclic) bond motifs is 1. The molecule has 1 heterocycles. The van der Waals surface area contributed by atoms with E-state index in [1.54, 1.807) is 6.21 Å². The van der Waals surface area contributed by atoms with Gasteiger partial charge in [-0.15, -0.1) is 11.3 Å². The summed E-state index contributed by atoms with van der Waals surface area (Å²) in [6.45, 7) is 0.431. The number of ether oxygens (including phenoxy) is 1. The molecule has 0 bridgehead atoms. The Bertz CT molecular complexity index is 1450. The number of nitrogens with one attached hydrogen (secondary N) is 1. The molecule has 0 fully saturated rings. The zero-order valence-electron chi connectivity index (χ0n) is 17.9. The second-order valence-corrected chi connectivity index (χ2v) is 9.26. The Balaban J connectivity index is 1.37. The van der Waals surface area contributed by atoms with Crippen LogP contribution < -0.4 is 10.2 Å². The molecule has 0 saturated heterocycles. The fraction of sp³-hybridized carbons (Fsp3) is 0.0370. The predicted octanol–water partition coefficient (Wildman–Crippen LogP) is 8.30. The molecule has 1 aromatic heterocycles. The highest BCUT2D eigenvalue weighted by molar-refractivity contribution is 7.14. The Hall–Kier alpha value is -3.38. The monoisotopic (exact) mass is 503 g/mol. The van der Waals surface area contributed by atoms with Crippen molar-refractivity contribution in [2.75, 3.05) is 5.43 Å². The molecule has 168 valence electrons. The molecule has 4 nitrogen and oxygen atoms in total. The van der Waals surface area contributed by atoms with E-state index >= 15 is 0 Å². The molecule has 5 rings (SSSR count). The van der Waals surface area contributed by atoms with Gasteiger partial charge in [-0.1, -0.05) is 77.8 Å². The Morgan fingerprint density at radius 2 is 1.62 bits per heavy atom. The summed E-state index contributed by atoms with van der Waals surface area (Å²) in [5.74, 6) is 0.750. The van der Waals surface area contributed by atoms with E-state index in [0.717, 1.165) is 38.9 Å². The topological polar surface area (TPSA) is 46.5 Å². The number of anilines is 1. The fourth-order valence-electron chi connectivity index (χ4n) is 3.51. The largest absolute Gasteiger partial charge is 0.488 e. The minimum absolute atomic E-state index is 0.431. The van der Waals surface area contributed by atoms with Crippen LogP contribution in [0.25, 0.3) is 22.0 Å². The summed E-state index contributed by atoms with van der Waals surface area (Å²) in [5, 5.41) is 10.7. The summed E-state index contributed by atoms with van der Waals surface area (Å²) in [6, 6.07) is 27.4. The predicted molar refractivity (Wildman–Crippen MR) is 144 cm³/mol. The first kappa shape index (κ1) is 22.4. The molecule has 0 aliphatic heterocycles. The maximum Gasteiger partial charge on any atom is 0.203 e. The van der Waals surface area contributed by atoms with E-state index in [1.165, 1.54) is 11.3 Å². The molecule has 1 N–H and O–H groups in total. The van der Waals surface area contributed by atoms with Crippen molar-refractivity contribution in [1.29, 1.82) is 0 Å². The van der Waals surface area contributed by atoms with E-state index in [-0.39, 0.29) is 0 Å². The van der Waals surface area contributed by atoms with Gasteiger partial charge in [-0.3, -0.25) is 5.43 Å². The summed E-state index contributed by atoms with van der Waals surface area (Å²) in [5.41, 5.74) is 6.86. The molecule has 4 aromatic carbocycles. The third-order valence-corrected chi connectivity index (χ3v) is 6.49. The van der Waals surface area contributed by atoms with Crippen molar-refractivity contribution in [3.8, 4) is 17.0 Å². The van der Waals surface area contributed by atoms with Crippen LogP contribution in [0, 0.1) is 0 Å². The van der Waals surface area contributed by atoms with Gasteiger partial charge in [-0.25, -0.2) is 4.98 Å². The van der Waals surface area contributed by atoms with Crippen LogP contribution in [-0.2, 0) is 6.61 Å². The van der Waals surface area contributed by atoms with Crippen LogP contribution in [-0.4, -0.2) is 11.2 Å². The van der Waals surface area contributed by atoms with E-state index in [0.29, 0.717) is 21.8 Å². The number of thiazole rings is 1. The zero-order chi connectivity index (χ0) is 23.3. The lowest BCUT2D eigenvalue weighted by atomic mass is 10.0. The molecule has 0 unspecified atom stereocenters. The minimum atomic E-state index is 0.431. The van der Waals surface area contributed by atoms with Gasteiger partial charge < -0.3 is 4.74 Å². The molecule has 0 aliphatic carbocycles. The number of aromatic nitrogens is 1. The van der Waals surface area contributed by atoms with E-state index in [4.69, 9.17) is 27.9 Å². The number of hydrogen-bond acceptors (Lipinski definition) is 5. The van der Waals surface area contributed by atoms with Gasteiger partial charge in [-0.2, -0.15) is 5.10 Å².